The minimum Gasteiger partial charge on any atom is -0.379 e. The fourth-order valence-corrected chi connectivity index (χ4v) is 3.67. The van der Waals surface area contributed by atoms with Crippen LogP contribution in [0.4, 0.5) is 0 Å². The quantitative estimate of drug-likeness (QED) is 0.841. The molecule has 2 aliphatic rings. The maximum Gasteiger partial charge on any atom is 0.223 e. The summed E-state index contributed by atoms with van der Waals surface area (Å²) in [6.45, 7) is 11.7. The molecule has 0 radical (unpaired) electrons. The van der Waals surface area contributed by atoms with E-state index in [1.54, 1.807) is 0 Å². The van der Waals surface area contributed by atoms with Gasteiger partial charge in [-0.3, -0.25) is 14.7 Å². The van der Waals surface area contributed by atoms with Crippen LogP contribution in [0.15, 0.2) is 18.3 Å². The van der Waals surface area contributed by atoms with Gasteiger partial charge in [-0.05, 0) is 29.9 Å². The first kappa shape index (κ1) is 18.3. The zero-order valence-corrected chi connectivity index (χ0v) is 15.8. The van der Waals surface area contributed by atoms with Gasteiger partial charge in [0.05, 0.1) is 24.9 Å². The van der Waals surface area contributed by atoms with Crippen LogP contribution in [0.2, 0.25) is 0 Å². The number of carbonyl (C=O) groups is 1. The van der Waals surface area contributed by atoms with Crippen LogP contribution in [-0.2, 0) is 16.1 Å². The number of hydrogen-bond donors (Lipinski definition) is 0. The summed E-state index contributed by atoms with van der Waals surface area (Å²) in [5.74, 6) is 0.259. The summed E-state index contributed by atoms with van der Waals surface area (Å²) in [7, 11) is 0. The molecule has 0 N–H and O–H groups in total. The Kier molecular flexibility index (Phi) is 5.74. The lowest BCUT2D eigenvalue weighted by Gasteiger charge is -2.28. The van der Waals surface area contributed by atoms with Gasteiger partial charge >= 0.3 is 0 Å². The minimum absolute atomic E-state index is 0.0274. The van der Waals surface area contributed by atoms with Crippen LogP contribution in [0.1, 0.15) is 57.3 Å². The molecule has 1 amide bonds. The highest BCUT2D eigenvalue weighted by Crippen LogP contribution is 2.33. The van der Waals surface area contributed by atoms with Gasteiger partial charge in [-0.2, -0.15) is 0 Å². The van der Waals surface area contributed by atoms with Crippen molar-refractivity contribution in [1.29, 1.82) is 0 Å². The van der Waals surface area contributed by atoms with E-state index in [0.29, 0.717) is 6.42 Å². The molecule has 5 nitrogen and oxygen atoms in total. The van der Waals surface area contributed by atoms with Gasteiger partial charge in [0.25, 0.3) is 0 Å². The standard InChI is InChI=1S/C20H31N3O2/c1-20(2,3)13-19(24)23-8-4-5-18(23)17-7-6-16(14-21-17)15-22-9-11-25-12-10-22/h6-7,14,18H,4-5,8-13,15H2,1-3H3. The van der Waals surface area contributed by atoms with Gasteiger partial charge in [-0.15, -0.1) is 0 Å². The molecule has 0 bridgehead atoms. The summed E-state index contributed by atoms with van der Waals surface area (Å²) < 4.78 is 5.40. The number of rotatable bonds is 4. The van der Waals surface area contributed by atoms with Crippen LogP contribution >= 0.6 is 0 Å². The first-order valence-corrected chi connectivity index (χ1v) is 9.47. The summed E-state index contributed by atoms with van der Waals surface area (Å²) in [4.78, 5) is 21.8. The molecule has 3 heterocycles. The normalized spacial score (nSPS) is 22.4. The van der Waals surface area contributed by atoms with Crippen molar-refractivity contribution < 1.29 is 9.53 Å². The number of hydrogen-bond acceptors (Lipinski definition) is 4. The van der Waals surface area contributed by atoms with E-state index in [1.165, 1.54) is 5.56 Å². The summed E-state index contributed by atoms with van der Waals surface area (Å²) in [6, 6.07) is 4.43. The van der Waals surface area contributed by atoms with Gasteiger partial charge in [0.1, 0.15) is 0 Å². The van der Waals surface area contributed by atoms with Crippen LogP contribution < -0.4 is 0 Å². The molecule has 1 atom stereocenters. The zero-order valence-electron chi connectivity index (χ0n) is 15.8. The predicted octanol–water partition coefficient (Wildman–Crippen LogP) is 3.01. The Morgan fingerprint density at radius 1 is 1.24 bits per heavy atom. The second kappa shape index (κ2) is 7.83. The molecule has 0 aromatic carbocycles. The van der Waals surface area contributed by atoms with E-state index in [4.69, 9.17) is 9.72 Å². The van der Waals surface area contributed by atoms with Gasteiger partial charge in [-0.1, -0.05) is 26.8 Å². The lowest BCUT2D eigenvalue weighted by molar-refractivity contribution is -0.134. The number of likely N-dealkylation sites (tertiary alicyclic amines) is 1. The molecule has 0 spiro atoms. The maximum atomic E-state index is 12.7. The van der Waals surface area contributed by atoms with Crippen LogP contribution in [0, 0.1) is 5.41 Å². The Morgan fingerprint density at radius 2 is 2.00 bits per heavy atom. The molecule has 25 heavy (non-hydrogen) atoms. The second-order valence-corrected chi connectivity index (χ2v) is 8.46. The highest BCUT2D eigenvalue weighted by molar-refractivity contribution is 5.77. The highest BCUT2D eigenvalue weighted by atomic mass is 16.5. The van der Waals surface area contributed by atoms with Crippen molar-refractivity contribution in [3.05, 3.63) is 29.6 Å². The van der Waals surface area contributed by atoms with E-state index in [9.17, 15) is 4.79 Å². The molecule has 1 unspecified atom stereocenters. The van der Waals surface area contributed by atoms with Crippen LogP contribution in [-0.4, -0.2) is 53.5 Å². The predicted molar refractivity (Wildman–Crippen MR) is 98.1 cm³/mol. The minimum atomic E-state index is 0.0274. The van der Waals surface area contributed by atoms with Crippen LogP contribution in [0.25, 0.3) is 0 Å². The van der Waals surface area contributed by atoms with Crippen molar-refractivity contribution in [2.75, 3.05) is 32.8 Å². The third-order valence-corrected chi connectivity index (χ3v) is 4.95. The lowest BCUT2D eigenvalue weighted by atomic mass is 9.91. The van der Waals surface area contributed by atoms with Gasteiger partial charge < -0.3 is 9.64 Å². The number of ether oxygens (including phenoxy) is 1. The summed E-state index contributed by atoms with van der Waals surface area (Å²) in [6.07, 6.45) is 4.66. The Hall–Kier alpha value is -1.46. The van der Waals surface area contributed by atoms with Crippen LogP contribution in [0.3, 0.4) is 0 Å². The number of carbonyl (C=O) groups excluding carboxylic acids is 1. The molecular weight excluding hydrogens is 314 g/mol. The van der Waals surface area contributed by atoms with Gasteiger partial charge in [0.15, 0.2) is 0 Å². The summed E-state index contributed by atoms with van der Waals surface area (Å²) in [5.41, 5.74) is 2.29. The molecule has 0 aliphatic carbocycles. The van der Waals surface area contributed by atoms with Crippen LogP contribution in [0.5, 0.6) is 0 Å². The maximum absolute atomic E-state index is 12.7. The average Bonchev–Trinajstić information content (AvgIpc) is 3.05. The molecule has 0 saturated carbocycles. The Labute approximate surface area is 151 Å². The number of aromatic nitrogens is 1. The average molecular weight is 345 g/mol. The number of nitrogens with zero attached hydrogens (tertiary/aromatic N) is 3. The highest BCUT2D eigenvalue weighted by Gasteiger charge is 2.32. The zero-order chi connectivity index (χ0) is 17.9. The molecule has 1 aromatic heterocycles. The SMILES string of the molecule is CC(C)(C)CC(=O)N1CCCC1c1ccc(CN2CCOCC2)cn1. The van der Waals surface area contributed by atoms with Crippen molar-refractivity contribution in [2.24, 2.45) is 5.41 Å². The van der Waals surface area contributed by atoms with E-state index in [1.807, 2.05) is 11.1 Å². The van der Waals surface area contributed by atoms with E-state index in [-0.39, 0.29) is 17.4 Å². The first-order chi connectivity index (χ1) is 11.9. The molecule has 2 aliphatic heterocycles. The van der Waals surface area contributed by atoms with Gasteiger partial charge in [0, 0.05) is 38.8 Å². The molecule has 3 rings (SSSR count). The lowest BCUT2D eigenvalue weighted by Crippen LogP contribution is -2.35. The monoisotopic (exact) mass is 345 g/mol. The second-order valence-electron chi connectivity index (χ2n) is 8.46. The van der Waals surface area contributed by atoms with E-state index in [0.717, 1.165) is 57.9 Å². The number of morpholine rings is 1. The first-order valence-electron chi connectivity index (χ1n) is 9.47. The summed E-state index contributed by atoms with van der Waals surface area (Å²) in [5, 5.41) is 0. The summed E-state index contributed by atoms with van der Waals surface area (Å²) >= 11 is 0. The molecule has 2 fully saturated rings. The molecule has 1 aromatic rings. The molecule has 5 heteroatoms. The van der Waals surface area contributed by atoms with Crippen molar-refractivity contribution >= 4 is 5.91 Å². The number of amides is 1. The van der Waals surface area contributed by atoms with E-state index in [2.05, 4.69) is 37.8 Å². The Morgan fingerprint density at radius 3 is 2.64 bits per heavy atom. The fraction of sp³-hybridized carbons (Fsp3) is 0.700. The molecular formula is C20H31N3O2. The third kappa shape index (κ3) is 5.02. The molecule has 138 valence electrons. The van der Waals surface area contributed by atoms with Gasteiger partial charge in [-0.25, -0.2) is 0 Å². The van der Waals surface area contributed by atoms with E-state index >= 15 is 0 Å². The topological polar surface area (TPSA) is 45.7 Å². The Bertz CT molecular complexity index is 574. The molecule has 2 saturated heterocycles. The smallest absolute Gasteiger partial charge is 0.223 e. The number of pyridine rings is 1. The van der Waals surface area contributed by atoms with Crippen molar-refractivity contribution in [2.45, 2.75) is 52.6 Å². The van der Waals surface area contributed by atoms with Gasteiger partial charge in [0.2, 0.25) is 5.91 Å². The van der Waals surface area contributed by atoms with E-state index < -0.39 is 0 Å². The Balaban J connectivity index is 1.63. The third-order valence-electron chi connectivity index (χ3n) is 4.95. The van der Waals surface area contributed by atoms with Crippen molar-refractivity contribution in [1.82, 2.24) is 14.8 Å². The van der Waals surface area contributed by atoms with Crippen molar-refractivity contribution in [3.63, 3.8) is 0 Å². The van der Waals surface area contributed by atoms with Crippen molar-refractivity contribution in [3.8, 4) is 0 Å². The largest absolute Gasteiger partial charge is 0.379 e. The fourth-order valence-electron chi connectivity index (χ4n) is 3.67.